The summed E-state index contributed by atoms with van der Waals surface area (Å²) in [6, 6.07) is 0. The monoisotopic (exact) mass is 322 g/mol. The molecule has 0 saturated carbocycles. The minimum absolute atomic E-state index is 0.561. The van der Waals surface area contributed by atoms with E-state index in [0.29, 0.717) is 5.92 Å². The number of allylic oxidation sites excluding steroid dienone is 3. The highest BCUT2D eigenvalue weighted by atomic mass is 28.4. The summed E-state index contributed by atoms with van der Waals surface area (Å²) in [7, 11) is -1.54. The van der Waals surface area contributed by atoms with E-state index in [1.54, 1.807) is 11.1 Å². The molecular weight excluding hydrogens is 284 g/mol. The van der Waals surface area contributed by atoms with E-state index < -0.39 is 8.32 Å². The fraction of sp³-hybridized carbons (Fsp3) is 0.800. The van der Waals surface area contributed by atoms with Gasteiger partial charge in [-0.25, -0.2) is 0 Å². The maximum absolute atomic E-state index is 6.59. The zero-order valence-corrected chi connectivity index (χ0v) is 16.9. The van der Waals surface area contributed by atoms with Crippen molar-refractivity contribution in [3.05, 3.63) is 23.0 Å². The lowest BCUT2D eigenvalue weighted by Gasteiger charge is -2.26. The average molecular weight is 323 g/mol. The first kappa shape index (κ1) is 19.5. The Labute approximate surface area is 140 Å². The topological polar surface area (TPSA) is 9.23 Å². The first-order chi connectivity index (χ1) is 10.4. The predicted molar refractivity (Wildman–Crippen MR) is 102 cm³/mol. The molecule has 22 heavy (non-hydrogen) atoms. The summed E-state index contributed by atoms with van der Waals surface area (Å²) in [5.74, 6) is 1.93. The predicted octanol–water partition coefficient (Wildman–Crippen LogP) is 7.22. The fourth-order valence-corrected chi connectivity index (χ4v) is 4.08. The molecule has 1 aliphatic carbocycles. The van der Waals surface area contributed by atoms with Crippen LogP contribution < -0.4 is 0 Å². The molecule has 0 radical (unpaired) electrons. The van der Waals surface area contributed by atoms with E-state index in [-0.39, 0.29) is 0 Å². The summed E-state index contributed by atoms with van der Waals surface area (Å²) in [5.41, 5.74) is 3.20. The first-order valence-electron chi connectivity index (χ1n) is 9.56. The molecule has 0 aliphatic heterocycles. The molecule has 0 aromatic carbocycles. The smallest absolute Gasteiger partial charge is 0.241 e. The maximum atomic E-state index is 6.59. The SMILES string of the molecule is CCCCC1=CC(CCCC)C(O[Si](C)(C)C)=C1CCCC. The van der Waals surface area contributed by atoms with E-state index in [9.17, 15) is 0 Å². The van der Waals surface area contributed by atoms with Crippen molar-refractivity contribution in [3.8, 4) is 0 Å². The molecule has 0 N–H and O–H groups in total. The van der Waals surface area contributed by atoms with Crippen LogP contribution in [0.3, 0.4) is 0 Å². The van der Waals surface area contributed by atoms with Crippen LogP contribution in [0.5, 0.6) is 0 Å². The lowest BCUT2D eigenvalue weighted by Crippen LogP contribution is -2.27. The van der Waals surface area contributed by atoms with Gasteiger partial charge in [-0.1, -0.05) is 52.5 Å². The Morgan fingerprint density at radius 3 is 2.05 bits per heavy atom. The van der Waals surface area contributed by atoms with E-state index in [4.69, 9.17) is 4.43 Å². The molecule has 0 amide bonds. The minimum Gasteiger partial charge on any atom is -0.547 e. The fourth-order valence-electron chi connectivity index (χ4n) is 3.15. The van der Waals surface area contributed by atoms with Crippen molar-refractivity contribution in [2.75, 3.05) is 0 Å². The van der Waals surface area contributed by atoms with Gasteiger partial charge in [0.05, 0.1) is 5.76 Å². The highest BCUT2D eigenvalue weighted by molar-refractivity contribution is 6.70. The number of rotatable bonds is 11. The Morgan fingerprint density at radius 1 is 0.909 bits per heavy atom. The maximum Gasteiger partial charge on any atom is 0.241 e. The second-order valence-electron chi connectivity index (χ2n) is 7.70. The van der Waals surface area contributed by atoms with Crippen LogP contribution in [0.4, 0.5) is 0 Å². The molecule has 128 valence electrons. The molecule has 1 atom stereocenters. The quantitative estimate of drug-likeness (QED) is 0.365. The third-order valence-corrected chi connectivity index (χ3v) is 5.12. The zero-order chi connectivity index (χ0) is 16.6. The van der Waals surface area contributed by atoms with Crippen LogP contribution in [0.2, 0.25) is 19.6 Å². The van der Waals surface area contributed by atoms with Crippen molar-refractivity contribution in [3.63, 3.8) is 0 Å². The normalized spacial score (nSPS) is 18.8. The molecule has 0 aromatic heterocycles. The summed E-state index contributed by atoms with van der Waals surface area (Å²) >= 11 is 0. The van der Waals surface area contributed by atoms with Gasteiger partial charge in [0.25, 0.3) is 0 Å². The highest BCUT2D eigenvalue weighted by Crippen LogP contribution is 2.40. The van der Waals surface area contributed by atoms with Crippen LogP contribution in [-0.2, 0) is 4.43 Å². The molecule has 1 nitrogen and oxygen atoms in total. The lowest BCUT2D eigenvalue weighted by molar-refractivity contribution is 0.354. The molecule has 0 fully saturated rings. The Kier molecular flexibility index (Phi) is 8.52. The second-order valence-corrected chi connectivity index (χ2v) is 12.1. The molecule has 0 aromatic rings. The van der Waals surface area contributed by atoms with Crippen LogP contribution in [0.1, 0.15) is 78.6 Å². The largest absolute Gasteiger partial charge is 0.547 e. The van der Waals surface area contributed by atoms with E-state index in [2.05, 4.69) is 46.5 Å². The summed E-state index contributed by atoms with van der Waals surface area (Å²) < 4.78 is 6.59. The summed E-state index contributed by atoms with van der Waals surface area (Å²) in [6.45, 7) is 13.8. The molecule has 1 aliphatic rings. The van der Waals surface area contributed by atoms with E-state index in [1.807, 2.05) is 0 Å². The molecule has 0 saturated heterocycles. The number of hydrogen-bond donors (Lipinski definition) is 0. The van der Waals surface area contributed by atoms with Gasteiger partial charge >= 0.3 is 0 Å². The van der Waals surface area contributed by atoms with Crippen LogP contribution in [0.15, 0.2) is 23.0 Å². The molecular formula is C20H38OSi. The highest BCUT2D eigenvalue weighted by Gasteiger charge is 2.30. The minimum atomic E-state index is -1.54. The van der Waals surface area contributed by atoms with Gasteiger partial charge in [-0.15, -0.1) is 0 Å². The van der Waals surface area contributed by atoms with E-state index in [0.717, 1.165) is 0 Å². The molecule has 0 spiro atoms. The van der Waals surface area contributed by atoms with Crippen LogP contribution in [0.25, 0.3) is 0 Å². The molecule has 1 unspecified atom stereocenters. The van der Waals surface area contributed by atoms with E-state index in [1.165, 1.54) is 63.5 Å². The first-order valence-corrected chi connectivity index (χ1v) is 13.0. The van der Waals surface area contributed by atoms with Gasteiger partial charge < -0.3 is 4.43 Å². The molecule has 1 rings (SSSR count). The third-order valence-electron chi connectivity index (χ3n) is 4.29. The summed E-state index contributed by atoms with van der Waals surface area (Å²) in [5, 5.41) is 0. The van der Waals surface area contributed by atoms with Crippen LogP contribution in [0, 0.1) is 5.92 Å². The van der Waals surface area contributed by atoms with Gasteiger partial charge in [0, 0.05) is 5.92 Å². The van der Waals surface area contributed by atoms with Gasteiger partial charge in [0.2, 0.25) is 8.32 Å². The summed E-state index contributed by atoms with van der Waals surface area (Å²) in [4.78, 5) is 0. The van der Waals surface area contributed by atoms with Crippen molar-refractivity contribution in [2.45, 2.75) is 98.2 Å². The molecule has 0 bridgehead atoms. The van der Waals surface area contributed by atoms with E-state index >= 15 is 0 Å². The van der Waals surface area contributed by atoms with Gasteiger partial charge in [0.1, 0.15) is 0 Å². The van der Waals surface area contributed by atoms with Crippen molar-refractivity contribution < 1.29 is 4.43 Å². The standard InChI is InChI=1S/C20H38OSi/c1-7-10-13-17-16-18(14-11-8-2)20(21-22(4,5)6)19(17)15-12-9-3/h16,18H,7-15H2,1-6H3. The van der Waals surface area contributed by atoms with Gasteiger partial charge in [-0.05, 0) is 62.9 Å². The lowest BCUT2D eigenvalue weighted by atomic mass is 9.98. The van der Waals surface area contributed by atoms with Crippen LogP contribution >= 0.6 is 0 Å². The Bertz CT molecular complexity index is 387. The Hall–Kier alpha value is -0.503. The van der Waals surface area contributed by atoms with Gasteiger partial charge in [-0.2, -0.15) is 0 Å². The Morgan fingerprint density at radius 2 is 1.50 bits per heavy atom. The average Bonchev–Trinajstić information content (AvgIpc) is 2.76. The number of unbranched alkanes of at least 4 members (excludes halogenated alkanes) is 3. The second kappa shape index (κ2) is 9.59. The Balaban J connectivity index is 3.01. The molecule has 2 heteroatoms. The van der Waals surface area contributed by atoms with Crippen molar-refractivity contribution in [2.24, 2.45) is 5.92 Å². The van der Waals surface area contributed by atoms with Crippen molar-refractivity contribution >= 4 is 8.32 Å². The molecule has 0 heterocycles. The van der Waals surface area contributed by atoms with Crippen LogP contribution in [-0.4, -0.2) is 8.32 Å². The third kappa shape index (κ3) is 6.32. The zero-order valence-electron chi connectivity index (χ0n) is 15.9. The van der Waals surface area contributed by atoms with Crippen molar-refractivity contribution in [1.29, 1.82) is 0 Å². The van der Waals surface area contributed by atoms with Gasteiger partial charge in [0.15, 0.2) is 0 Å². The summed E-state index contributed by atoms with van der Waals surface area (Å²) in [6.07, 6.45) is 14.0. The van der Waals surface area contributed by atoms with Crippen molar-refractivity contribution in [1.82, 2.24) is 0 Å². The van der Waals surface area contributed by atoms with Gasteiger partial charge in [-0.3, -0.25) is 0 Å². The number of hydrogen-bond acceptors (Lipinski definition) is 1.